The van der Waals surface area contributed by atoms with Crippen molar-refractivity contribution in [3.63, 3.8) is 0 Å². The van der Waals surface area contributed by atoms with Crippen molar-refractivity contribution in [2.75, 3.05) is 20.3 Å². The predicted molar refractivity (Wildman–Crippen MR) is 73.7 cm³/mol. The van der Waals surface area contributed by atoms with Crippen LogP contribution in [0.15, 0.2) is 12.5 Å². The summed E-state index contributed by atoms with van der Waals surface area (Å²) in [5.41, 5.74) is 0.773. The van der Waals surface area contributed by atoms with Gasteiger partial charge < -0.3 is 19.9 Å². The second-order valence-corrected chi connectivity index (χ2v) is 5.48. The standard InChI is InChI=1S/C13H24N4O2/c1-13(2,3)16-12(18)9-17-10-15-8-11(17)7-14-5-6-19-4/h8,10,14H,5-7,9H2,1-4H3,(H,16,18). The number of rotatable bonds is 7. The summed E-state index contributed by atoms with van der Waals surface area (Å²) >= 11 is 0. The van der Waals surface area contributed by atoms with Crippen LogP contribution >= 0.6 is 0 Å². The highest BCUT2D eigenvalue weighted by molar-refractivity contribution is 5.76. The van der Waals surface area contributed by atoms with Crippen LogP contribution in [-0.4, -0.2) is 41.3 Å². The van der Waals surface area contributed by atoms with Gasteiger partial charge in [-0.1, -0.05) is 0 Å². The number of methoxy groups -OCH3 is 1. The van der Waals surface area contributed by atoms with Crippen molar-refractivity contribution in [3.8, 4) is 0 Å². The normalized spacial score (nSPS) is 11.6. The third-order valence-electron chi connectivity index (χ3n) is 2.42. The summed E-state index contributed by atoms with van der Waals surface area (Å²) < 4.78 is 6.81. The quantitative estimate of drug-likeness (QED) is 0.708. The molecule has 0 aromatic carbocycles. The van der Waals surface area contributed by atoms with Crippen LogP contribution < -0.4 is 10.6 Å². The number of hydrogen-bond acceptors (Lipinski definition) is 4. The Morgan fingerprint density at radius 1 is 1.47 bits per heavy atom. The maximum absolute atomic E-state index is 11.9. The van der Waals surface area contributed by atoms with Gasteiger partial charge >= 0.3 is 0 Å². The molecule has 1 aromatic heterocycles. The van der Waals surface area contributed by atoms with E-state index in [9.17, 15) is 4.79 Å². The summed E-state index contributed by atoms with van der Waals surface area (Å²) in [6.07, 6.45) is 3.44. The van der Waals surface area contributed by atoms with Crippen molar-refractivity contribution in [3.05, 3.63) is 18.2 Å². The minimum absolute atomic E-state index is 0.0105. The lowest BCUT2D eigenvalue weighted by molar-refractivity contribution is -0.123. The zero-order valence-corrected chi connectivity index (χ0v) is 12.2. The molecule has 1 heterocycles. The number of aromatic nitrogens is 2. The number of nitrogens with one attached hydrogen (secondary N) is 2. The highest BCUT2D eigenvalue weighted by Gasteiger charge is 2.14. The second-order valence-electron chi connectivity index (χ2n) is 5.48. The number of nitrogens with zero attached hydrogens (tertiary/aromatic N) is 2. The van der Waals surface area contributed by atoms with Gasteiger partial charge in [0.25, 0.3) is 0 Å². The Bertz CT molecular complexity index is 396. The Kier molecular flexibility index (Phi) is 5.98. The molecule has 0 aliphatic carbocycles. The first-order valence-electron chi connectivity index (χ1n) is 6.42. The Hall–Kier alpha value is -1.40. The number of amides is 1. The molecule has 6 heteroatoms. The molecule has 1 amide bonds. The number of carbonyl (C=O) groups excluding carboxylic acids is 1. The van der Waals surface area contributed by atoms with Crippen LogP contribution in [0, 0.1) is 0 Å². The number of carbonyl (C=O) groups is 1. The van der Waals surface area contributed by atoms with Gasteiger partial charge in [-0.15, -0.1) is 0 Å². The number of hydrogen-bond donors (Lipinski definition) is 2. The summed E-state index contributed by atoms with van der Waals surface area (Å²) in [6, 6.07) is 0. The van der Waals surface area contributed by atoms with E-state index in [1.807, 2.05) is 25.3 Å². The van der Waals surface area contributed by atoms with E-state index in [1.165, 1.54) is 0 Å². The van der Waals surface area contributed by atoms with Gasteiger partial charge in [0.15, 0.2) is 0 Å². The molecule has 0 spiro atoms. The smallest absolute Gasteiger partial charge is 0.240 e. The fourth-order valence-electron chi connectivity index (χ4n) is 1.64. The van der Waals surface area contributed by atoms with Crippen molar-refractivity contribution in [1.29, 1.82) is 0 Å². The van der Waals surface area contributed by atoms with Gasteiger partial charge in [-0.25, -0.2) is 4.98 Å². The van der Waals surface area contributed by atoms with Gasteiger partial charge in [0.2, 0.25) is 5.91 Å². The molecule has 6 nitrogen and oxygen atoms in total. The molecule has 0 atom stereocenters. The average molecular weight is 268 g/mol. The molecule has 0 aliphatic heterocycles. The van der Waals surface area contributed by atoms with Crippen LogP contribution in [0.3, 0.4) is 0 Å². The molecule has 1 rings (SSSR count). The first kappa shape index (κ1) is 15.7. The van der Waals surface area contributed by atoms with Crippen molar-refractivity contribution < 1.29 is 9.53 Å². The molecule has 19 heavy (non-hydrogen) atoms. The van der Waals surface area contributed by atoms with E-state index in [0.717, 1.165) is 12.2 Å². The lowest BCUT2D eigenvalue weighted by atomic mass is 10.1. The summed E-state index contributed by atoms with van der Waals surface area (Å²) in [4.78, 5) is 15.9. The van der Waals surface area contributed by atoms with Crippen molar-refractivity contribution in [2.45, 2.75) is 39.4 Å². The molecule has 0 bridgehead atoms. The van der Waals surface area contributed by atoms with E-state index in [0.29, 0.717) is 19.7 Å². The summed E-state index contributed by atoms with van der Waals surface area (Å²) in [5.74, 6) is -0.0105. The van der Waals surface area contributed by atoms with E-state index >= 15 is 0 Å². The first-order chi connectivity index (χ1) is 8.92. The van der Waals surface area contributed by atoms with E-state index in [-0.39, 0.29) is 11.4 Å². The predicted octanol–water partition coefficient (Wildman–Crippen LogP) is 0.534. The molecule has 108 valence electrons. The van der Waals surface area contributed by atoms with Gasteiger partial charge in [0, 0.05) is 31.9 Å². The highest BCUT2D eigenvalue weighted by atomic mass is 16.5. The van der Waals surface area contributed by atoms with Crippen molar-refractivity contribution >= 4 is 5.91 Å². The van der Waals surface area contributed by atoms with Crippen LogP contribution in [0.4, 0.5) is 0 Å². The Morgan fingerprint density at radius 2 is 2.21 bits per heavy atom. The number of imidazole rings is 1. The molecule has 0 saturated heterocycles. The van der Waals surface area contributed by atoms with E-state index in [1.54, 1.807) is 19.6 Å². The van der Waals surface area contributed by atoms with Crippen LogP contribution in [0.1, 0.15) is 26.5 Å². The molecule has 1 aromatic rings. The molecular formula is C13H24N4O2. The minimum atomic E-state index is -0.214. The molecule has 2 N–H and O–H groups in total. The summed E-state index contributed by atoms with van der Waals surface area (Å²) in [7, 11) is 1.67. The maximum Gasteiger partial charge on any atom is 0.240 e. The minimum Gasteiger partial charge on any atom is -0.383 e. The van der Waals surface area contributed by atoms with Gasteiger partial charge in [-0.2, -0.15) is 0 Å². The Balaban J connectivity index is 2.46. The molecular weight excluding hydrogens is 244 g/mol. The fourth-order valence-corrected chi connectivity index (χ4v) is 1.64. The molecule has 0 radical (unpaired) electrons. The first-order valence-corrected chi connectivity index (χ1v) is 6.42. The largest absolute Gasteiger partial charge is 0.383 e. The molecule has 0 aliphatic rings. The topological polar surface area (TPSA) is 68.2 Å². The Labute approximate surface area is 114 Å². The van der Waals surface area contributed by atoms with Crippen LogP contribution in [0.5, 0.6) is 0 Å². The molecule has 0 unspecified atom stereocenters. The molecule has 0 fully saturated rings. The second kappa shape index (κ2) is 7.25. The lowest BCUT2D eigenvalue weighted by Gasteiger charge is -2.21. The van der Waals surface area contributed by atoms with Gasteiger partial charge in [0.05, 0.1) is 18.6 Å². The highest BCUT2D eigenvalue weighted by Crippen LogP contribution is 2.02. The van der Waals surface area contributed by atoms with E-state index in [4.69, 9.17) is 4.74 Å². The monoisotopic (exact) mass is 268 g/mol. The van der Waals surface area contributed by atoms with Crippen molar-refractivity contribution in [2.24, 2.45) is 0 Å². The summed E-state index contributed by atoms with van der Waals surface area (Å²) in [6.45, 7) is 8.29. The van der Waals surface area contributed by atoms with Gasteiger partial charge in [0.1, 0.15) is 6.54 Å². The van der Waals surface area contributed by atoms with E-state index < -0.39 is 0 Å². The fraction of sp³-hybridized carbons (Fsp3) is 0.692. The van der Waals surface area contributed by atoms with E-state index in [2.05, 4.69) is 15.6 Å². The maximum atomic E-state index is 11.9. The molecule has 0 saturated carbocycles. The zero-order valence-electron chi connectivity index (χ0n) is 12.2. The van der Waals surface area contributed by atoms with Crippen LogP contribution in [0.25, 0.3) is 0 Å². The van der Waals surface area contributed by atoms with Crippen LogP contribution in [-0.2, 0) is 22.6 Å². The van der Waals surface area contributed by atoms with Gasteiger partial charge in [-0.3, -0.25) is 4.79 Å². The Morgan fingerprint density at radius 3 is 2.84 bits per heavy atom. The van der Waals surface area contributed by atoms with Gasteiger partial charge in [-0.05, 0) is 20.8 Å². The zero-order chi connectivity index (χ0) is 14.3. The third kappa shape index (κ3) is 6.35. The SMILES string of the molecule is COCCNCc1cncn1CC(=O)NC(C)(C)C. The summed E-state index contributed by atoms with van der Waals surface area (Å²) in [5, 5.41) is 6.17. The van der Waals surface area contributed by atoms with Crippen molar-refractivity contribution in [1.82, 2.24) is 20.2 Å². The van der Waals surface area contributed by atoms with Crippen LogP contribution in [0.2, 0.25) is 0 Å². The third-order valence-corrected chi connectivity index (χ3v) is 2.42. The average Bonchev–Trinajstić information content (AvgIpc) is 2.69. The number of ether oxygens (including phenoxy) is 1. The lowest BCUT2D eigenvalue weighted by Crippen LogP contribution is -2.42.